The van der Waals surface area contributed by atoms with Gasteiger partial charge in [-0.3, -0.25) is 9.59 Å². The van der Waals surface area contributed by atoms with Crippen LogP contribution in [0.15, 0.2) is 46.9 Å². The van der Waals surface area contributed by atoms with Gasteiger partial charge in [0.05, 0.1) is 12.1 Å². The van der Waals surface area contributed by atoms with Crippen LogP contribution >= 0.6 is 15.9 Å². The zero-order valence-electron chi connectivity index (χ0n) is 11.2. The maximum atomic E-state index is 13.4. The number of hydrogen-bond acceptors (Lipinski definition) is 2. The molecule has 2 amide bonds. The van der Waals surface area contributed by atoms with Crippen LogP contribution in [0, 0.1) is 11.6 Å². The Hall–Kier alpha value is -2.28. The average Bonchev–Trinajstić information content (AvgIpc) is 2.47. The van der Waals surface area contributed by atoms with Crippen molar-refractivity contribution in [3.8, 4) is 0 Å². The first-order chi connectivity index (χ1) is 10.5. The molecule has 0 fully saturated rings. The van der Waals surface area contributed by atoms with Gasteiger partial charge in [0, 0.05) is 16.2 Å². The molecule has 114 valence electrons. The Bertz CT molecular complexity index is 705. The van der Waals surface area contributed by atoms with Gasteiger partial charge in [0.1, 0.15) is 11.6 Å². The molecule has 7 heteroatoms. The molecule has 0 aliphatic carbocycles. The van der Waals surface area contributed by atoms with Crippen LogP contribution in [-0.4, -0.2) is 18.4 Å². The minimum absolute atomic E-state index is 0.321. The summed E-state index contributed by atoms with van der Waals surface area (Å²) in [6.07, 6.45) is 0. The molecule has 0 aliphatic heterocycles. The molecule has 4 nitrogen and oxygen atoms in total. The fourth-order valence-electron chi connectivity index (χ4n) is 1.67. The number of halogens is 3. The number of carbonyl (C=O) groups excluding carboxylic acids is 2. The lowest BCUT2D eigenvalue weighted by atomic mass is 10.2. The molecule has 0 saturated carbocycles. The Kier molecular flexibility index (Phi) is 5.21. The van der Waals surface area contributed by atoms with Crippen LogP contribution in [0.5, 0.6) is 0 Å². The minimum Gasteiger partial charge on any atom is -0.343 e. The first kappa shape index (κ1) is 16.1. The van der Waals surface area contributed by atoms with Crippen LogP contribution in [0.1, 0.15) is 10.4 Å². The van der Waals surface area contributed by atoms with Gasteiger partial charge in [-0.15, -0.1) is 0 Å². The standard InChI is InChI=1S/C15H11BrF2N2O2/c16-9-1-4-11(5-2-9)20-14(21)8-19-15(22)12-6-3-10(17)7-13(12)18/h1-7H,8H2,(H,19,22)(H,20,21). The highest BCUT2D eigenvalue weighted by Crippen LogP contribution is 2.14. The van der Waals surface area contributed by atoms with Crippen LogP contribution in [0.2, 0.25) is 0 Å². The molecule has 0 bridgehead atoms. The number of anilines is 1. The zero-order valence-corrected chi connectivity index (χ0v) is 12.8. The van der Waals surface area contributed by atoms with Crippen LogP contribution in [-0.2, 0) is 4.79 Å². The van der Waals surface area contributed by atoms with E-state index in [0.717, 1.165) is 16.6 Å². The third kappa shape index (κ3) is 4.36. The maximum absolute atomic E-state index is 13.4. The lowest BCUT2D eigenvalue weighted by molar-refractivity contribution is -0.115. The lowest BCUT2D eigenvalue weighted by Crippen LogP contribution is -2.33. The highest BCUT2D eigenvalue weighted by Gasteiger charge is 2.13. The van der Waals surface area contributed by atoms with E-state index in [1.165, 1.54) is 0 Å². The van der Waals surface area contributed by atoms with Crippen molar-refractivity contribution < 1.29 is 18.4 Å². The Morgan fingerprint density at radius 2 is 1.73 bits per heavy atom. The van der Waals surface area contributed by atoms with Gasteiger partial charge in [-0.2, -0.15) is 0 Å². The molecule has 0 spiro atoms. The Morgan fingerprint density at radius 3 is 2.36 bits per heavy atom. The molecule has 0 unspecified atom stereocenters. The summed E-state index contributed by atoms with van der Waals surface area (Å²) in [5.41, 5.74) is 0.244. The van der Waals surface area contributed by atoms with Crippen molar-refractivity contribution in [3.05, 3.63) is 64.1 Å². The highest BCUT2D eigenvalue weighted by atomic mass is 79.9. The number of amides is 2. The summed E-state index contributed by atoms with van der Waals surface area (Å²) in [5.74, 6) is -3.01. The predicted octanol–water partition coefficient (Wildman–Crippen LogP) is 3.10. The zero-order chi connectivity index (χ0) is 16.1. The second kappa shape index (κ2) is 7.13. The van der Waals surface area contributed by atoms with Crippen LogP contribution in [0.25, 0.3) is 0 Å². The summed E-state index contributed by atoms with van der Waals surface area (Å²) in [7, 11) is 0. The summed E-state index contributed by atoms with van der Waals surface area (Å²) in [5, 5.41) is 4.84. The fraction of sp³-hybridized carbons (Fsp3) is 0.0667. The predicted molar refractivity (Wildman–Crippen MR) is 81.5 cm³/mol. The van der Waals surface area contributed by atoms with Gasteiger partial charge in [-0.1, -0.05) is 15.9 Å². The van der Waals surface area contributed by atoms with E-state index >= 15 is 0 Å². The van der Waals surface area contributed by atoms with Gasteiger partial charge in [0.15, 0.2) is 0 Å². The van der Waals surface area contributed by atoms with E-state index in [9.17, 15) is 18.4 Å². The maximum Gasteiger partial charge on any atom is 0.254 e. The van der Waals surface area contributed by atoms with E-state index in [4.69, 9.17) is 0 Å². The van der Waals surface area contributed by atoms with Gasteiger partial charge in [0.2, 0.25) is 5.91 Å². The first-order valence-corrected chi connectivity index (χ1v) is 7.03. The van der Waals surface area contributed by atoms with Gasteiger partial charge < -0.3 is 10.6 Å². The monoisotopic (exact) mass is 368 g/mol. The summed E-state index contributed by atoms with van der Waals surface area (Å²) in [4.78, 5) is 23.4. The largest absolute Gasteiger partial charge is 0.343 e. The van der Waals surface area contributed by atoms with Crippen molar-refractivity contribution >= 4 is 33.4 Å². The van der Waals surface area contributed by atoms with E-state index in [1.54, 1.807) is 24.3 Å². The van der Waals surface area contributed by atoms with E-state index in [0.29, 0.717) is 11.8 Å². The molecule has 2 N–H and O–H groups in total. The molecule has 0 aromatic heterocycles. The van der Waals surface area contributed by atoms with Gasteiger partial charge in [-0.05, 0) is 36.4 Å². The van der Waals surface area contributed by atoms with Crippen molar-refractivity contribution in [1.29, 1.82) is 0 Å². The van der Waals surface area contributed by atoms with Crippen LogP contribution in [0.4, 0.5) is 14.5 Å². The smallest absolute Gasteiger partial charge is 0.254 e. The summed E-state index contributed by atoms with van der Waals surface area (Å²) in [6.45, 7) is -0.328. The van der Waals surface area contributed by atoms with E-state index in [2.05, 4.69) is 26.6 Å². The average molecular weight is 369 g/mol. The van der Waals surface area contributed by atoms with Crippen LogP contribution in [0.3, 0.4) is 0 Å². The quantitative estimate of drug-likeness (QED) is 0.870. The lowest BCUT2D eigenvalue weighted by Gasteiger charge is -2.07. The second-order valence-electron chi connectivity index (χ2n) is 4.36. The molecule has 0 aliphatic rings. The fourth-order valence-corrected chi connectivity index (χ4v) is 1.93. The van der Waals surface area contributed by atoms with Crippen molar-refractivity contribution in [1.82, 2.24) is 5.32 Å². The van der Waals surface area contributed by atoms with Gasteiger partial charge >= 0.3 is 0 Å². The number of hydrogen-bond donors (Lipinski definition) is 2. The van der Waals surface area contributed by atoms with Crippen molar-refractivity contribution in [2.45, 2.75) is 0 Å². The number of nitrogens with one attached hydrogen (secondary N) is 2. The molecular formula is C15H11BrF2N2O2. The normalized spacial score (nSPS) is 10.1. The molecule has 2 rings (SSSR count). The van der Waals surface area contributed by atoms with Gasteiger partial charge in [-0.25, -0.2) is 8.78 Å². The van der Waals surface area contributed by atoms with E-state index < -0.39 is 23.4 Å². The SMILES string of the molecule is O=C(CNC(=O)c1ccc(F)cc1F)Nc1ccc(Br)cc1. The highest BCUT2D eigenvalue weighted by molar-refractivity contribution is 9.10. The Morgan fingerprint density at radius 1 is 1.05 bits per heavy atom. The topological polar surface area (TPSA) is 58.2 Å². The Balaban J connectivity index is 1.90. The molecular weight excluding hydrogens is 358 g/mol. The molecule has 2 aromatic carbocycles. The summed E-state index contributed by atoms with van der Waals surface area (Å²) >= 11 is 3.27. The van der Waals surface area contributed by atoms with E-state index in [-0.39, 0.29) is 12.1 Å². The summed E-state index contributed by atoms with van der Waals surface area (Å²) in [6, 6.07) is 9.47. The second-order valence-corrected chi connectivity index (χ2v) is 5.28. The summed E-state index contributed by atoms with van der Waals surface area (Å²) < 4.78 is 27.0. The third-order valence-corrected chi connectivity index (χ3v) is 3.24. The Labute approximate surface area is 133 Å². The molecule has 0 radical (unpaired) electrons. The molecule has 2 aromatic rings. The molecule has 0 atom stereocenters. The number of benzene rings is 2. The van der Waals surface area contributed by atoms with Crippen molar-refractivity contribution in [3.63, 3.8) is 0 Å². The van der Waals surface area contributed by atoms with Gasteiger partial charge in [0.25, 0.3) is 5.91 Å². The molecule has 0 saturated heterocycles. The number of carbonyl (C=O) groups is 2. The minimum atomic E-state index is -0.981. The van der Waals surface area contributed by atoms with E-state index in [1.807, 2.05) is 0 Å². The van der Waals surface area contributed by atoms with Crippen molar-refractivity contribution in [2.75, 3.05) is 11.9 Å². The first-order valence-electron chi connectivity index (χ1n) is 6.24. The number of rotatable bonds is 4. The third-order valence-electron chi connectivity index (χ3n) is 2.71. The molecule has 0 heterocycles. The van der Waals surface area contributed by atoms with Crippen LogP contribution < -0.4 is 10.6 Å². The molecule has 22 heavy (non-hydrogen) atoms. The van der Waals surface area contributed by atoms with Crippen molar-refractivity contribution in [2.24, 2.45) is 0 Å².